The molecule has 0 aliphatic heterocycles. The lowest BCUT2D eigenvalue weighted by Crippen LogP contribution is -2.18. The fraction of sp³-hybridized carbons (Fsp3) is 0.312. The lowest BCUT2D eigenvalue weighted by atomic mass is 10.1. The van der Waals surface area contributed by atoms with E-state index in [-0.39, 0.29) is 12.3 Å². The molecular formula is C16H21N3O3. The molecule has 0 fully saturated rings. The first kappa shape index (κ1) is 17.6. The van der Waals surface area contributed by atoms with Crippen molar-refractivity contribution in [3.05, 3.63) is 42.0 Å². The molecule has 0 saturated heterocycles. The van der Waals surface area contributed by atoms with Crippen molar-refractivity contribution in [2.24, 2.45) is 5.10 Å². The molecule has 0 bridgehead atoms. The molecule has 6 nitrogen and oxygen atoms in total. The van der Waals surface area contributed by atoms with Gasteiger partial charge in [-0.3, -0.25) is 14.8 Å². The summed E-state index contributed by atoms with van der Waals surface area (Å²) in [6.07, 6.45) is 7.86. The number of nitrogens with one attached hydrogen (secondary N) is 2. The zero-order valence-electron chi connectivity index (χ0n) is 12.4. The van der Waals surface area contributed by atoms with Crippen LogP contribution in [-0.4, -0.2) is 23.2 Å². The number of hydrogen-bond acceptors (Lipinski definition) is 4. The minimum Gasteiger partial charge on any atom is -0.289 e. The van der Waals surface area contributed by atoms with E-state index in [9.17, 15) is 9.59 Å². The Balaban J connectivity index is 2.09. The molecule has 0 spiro atoms. The number of nitrogens with zero attached hydrogens (tertiary/aromatic N) is 1. The van der Waals surface area contributed by atoms with Crippen LogP contribution in [0.1, 0.15) is 37.7 Å². The standard InChI is InChI=1S/C16H21N3O3/c20-15(11-5-2-6-12-16(21)19-22)18-17-13-7-10-14-8-3-1-4-9-14/h1,3-4,7-10,13,22H,2,5-6,11-12H2,(H,18,20)(H,19,21)/b10-7+,17-13+. The maximum absolute atomic E-state index is 11.5. The largest absolute Gasteiger partial charge is 0.289 e. The van der Waals surface area contributed by atoms with Gasteiger partial charge in [0.2, 0.25) is 11.8 Å². The number of hydroxylamine groups is 1. The highest BCUT2D eigenvalue weighted by Crippen LogP contribution is 2.03. The molecule has 0 atom stereocenters. The van der Waals surface area contributed by atoms with Gasteiger partial charge in [-0.05, 0) is 24.5 Å². The van der Waals surface area contributed by atoms with E-state index >= 15 is 0 Å². The molecule has 118 valence electrons. The van der Waals surface area contributed by atoms with Crippen LogP contribution in [0.3, 0.4) is 0 Å². The van der Waals surface area contributed by atoms with E-state index in [4.69, 9.17) is 5.21 Å². The number of unbranched alkanes of at least 4 members (excludes halogenated alkanes) is 2. The molecule has 0 unspecified atom stereocenters. The third kappa shape index (κ3) is 8.65. The Bertz CT molecular complexity index is 513. The third-order valence-electron chi connectivity index (χ3n) is 2.87. The Labute approximate surface area is 129 Å². The van der Waals surface area contributed by atoms with Crippen molar-refractivity contribution in [3.8, 4) is 0 Å². The topological polar surface area (TPSA) is 90.8 Å². The molecule has 2 amide bonds. The van der Waals surface area contributed by atoms with Gasteiger partial charge >= 0.3 is 0 Å². The molecule has 0 radical (unpaired) electrons. The molecule has 1 aromatic carbocycles. The zero-order valence-corrected chi connectivity index (χ0v) is 12.4. The number of amides is 2. The molecule has 1 rings (SSSR count). The highest BCUT2D eigenvalue weighted by Gasteiger charge is 2.01. The van der Waals surface area contributed by atoms with Gasteiger partial charge in [-0.15, -0.1) is 0 Å². The predicted octanol–water partition coefficient (Wildman–Crippen LogP) is 2.26. The number of allylic oxidation sites excluding steroid dienone is 1. The molecule has 6 heteroatoms. The lowest BCUT2D eigenvalue weighted by Gasteiger charge is -2.00. The van der Waals surface area contributed by atoms with E-state index in [1.165, 1.54) is 6.21 Å². The van der Waals surface area contributed by atoms with E-state index in [0.717, 1.165) is 12.0 Å². The first-order valence-corrected chi connectivity index (χ1v) is 7.19. The summed E-state index contributed by atoms with van der Waals surface area (Å²) in [4.78, 5) is 22.2. The molecule has 22 heavy (non-hydrogen) atoms. The SMILES string of the molecule is O=C(CCCCCC(=O)N/N=C/C=C/c1ccccc1)NO. The smallest absolute Gasteiger partial charge is 0.243 e. The Morgan fingerprint density at radius 2 is 1.73 bits per heavy atom. The average molecular weight is 303 g/mol. The van der Waals surface area contributed by atoms with Crippen LogP contribution >= 0.6 is 0 Å². The van der Waals surface area contributed by atoms with E-state index in [0.29, 0.717) is 19.3 Å². The summed E-state index contributed by atoms with van der Waals surface area (Å²) < 4.78 is 0. The van der Waals surface area contributed by atoms with Gasteiger partial charge in [-0.25, -0.2) is 10.9 Å². The van der Waals surface area contributed by atoms with Crippen LogP contribution in [0.2, 0.25) is 0 Å². The monoisotopic (exact) mass is 303 g/mol. The highest BCUT2D eigenvalue weighted by atomic mass is 16.5. The second-order valence-corrected chi connectivity index (χ2v) is 4.68. The van der Waals surface area contributed by atoms with E-state index < -0.39 is 5.91 Å². The fourth-order valence-corrected chi connectivity index (χ4v) is 1.73. The highest BCUT2D eigenvalue weighted by molar-refractivity contribution is 5.81. The fourth-order valence-electron chi connectivity index (χ4n) is 1.73. The van der Waals surface area contributed by atoms with Crippen molar-refractivity contribution in [2.75, 3.05) is 0 Å². The average Bonchev–Trinajstić information content (AvgIpc) is 2.55. The lowest BCUT2D eigenvalue weighted by molar-refractivity contribution is -0.129. The molecule has 3 N–H and O–H groups in total. The summed E-state index contributed by atoms with van der Waals surface area (Å²) in [5.41, 5.74) is 5.07. The van der Waals surface area contributed by atoms with Crippen LogP contribution in [0, 0.1) is 0 Å². The van der Waals surface area contributed by atoms with E-state index in [1.807, 2.05) is 36.4 Å². The number of hydrazone groups is 1. The second kappa shape index (κ2) is 11.2. The zero-order chi connectivity index (χ0) is 16.0. The number of carbonyl (C=O) groups excluding carboxylic acids is 2. The van der Waals surface area contributed by atoms with Crippen molar-refractivity contribution < 1.29 is 14.8 Å². The molecule has 0 aliphatic rings. The van der Waals surface area contributed by atoms with Gasteiger partial charge in [0.05, 0.1) is 0 Å². The van der Waals surface area contributed by atoms with Crippen LogP contribution in [0.5, 0.6) is 0 Å². The maximum Gasteiger partial charge on any atom is 0.243 e. The van der Waals surface area contributed by atoms with Crippen LogP contribution < -0.4 is 10.9 Å². The maximum atomic E-state index is 11.5. The van der Waals surface area contributed by atoms with Gasteiger partial charge in [-0.2, -0.15) is 5.10 Å². The van der Waals surface area contributed by atoms with Gasteiger partial charge in [0, 0.05) is 19.1 Å². The van der Waals surface area contributed by atoms with Crippen molar-refractivity contribution in [1.82, 2.24) is 10.9 Å². The number of carbonyl (C=O) groups is 2. The van der Waals surface area contributed by atoms with Crippen molar-refractivity contribution in [3.63, 3.8) is 0 Å². The Kier molecular flexibility index (Phi) is 8.96. The first-order valence-electron chi connectivity index (χ1n) is 7.19. The van der Waals surface area contributed by atoms with Gasteiger partial charge < -0.3 is 0 Å². The number of rotatable bonds is 9. The summed E-state index contributed by atoms with van der Waals surface area (Å²) >= 11 is 0. The minimum absolute atomic E-state index is 0.157. The molecule has 0 saturated carbocycles. The molecule has 0 aromatic heterocycles. The van der Waals surface area contributed by atoms with Crippen LogP contribution in [0.4, 0.5) is 0 Å². The van der Waals surface area contributed by atoms with Crippen molar-refractivity contribution in [1.29, 1.82) is 0 Å². The van der Waals surface area contributed by atoms with Crippen LogP contribution in [-0.2, 0) is 9.59 Å². The van der Waals surface area contributed by atoms with Gasteiger partial charge in [-0.1, -0.05) is 42.8 Å². The number of hydrogen-bond donors (Lipinski definition) is 3. The van der Waals surface area contributed by atoms with Gasteiger partial charge in [0.15, 0.2) is 0 Å². The predicted molar refractivity (Wildman–Crippen MR) is 85.1 cm³/mol. The van der Waals surface area contributed by atoms with E-state index in [2.05, 4.69) is 10.5 Å². The number of benzene rings is 1. The second-order valence-electron chi connectivity index (χ2n) is 4.68. The van der Waals surface area contributed by atoms with Gasteiger partial charge in [0.25, 0.3) is 0 Å². The summed E-state index contributed by atoms with van der Waals surface area (Å²) in [6.45, 7) is 0. The first-order chi connectivity index (χ1) is 10.7. The normalized spacial score (nSPS) is 11.0. The Morgan fingerprint density at radius 3 is 2.41 bits per heavy atom. The molecule has 1 aromatic rings. The van der Waals surface area contributed by atoms with Crippen molar-refractivity contribution in [2.45, 2.75) is 32.1 Å². The van der Waals surface area contributed by atoms with Crippen LogP contribution in [0.15, 0.2) is 41.5 Å². The Hall–Kier alpha value is -2.47. The van der Waals surface area contributed by atoms with E-state index in [1.54, 1.807) is 11.6 Å². The summed E-state index contributed by atoms with van der Waals surface area (Å²) in [6, 6.07) is 9.79. The van der Waals surface area contributed by atoms with Crippen LogP contribution in [0.25, 0.3) is 6.08 Å². The summed E-state index contributed by atoms with van der Waals surface area (Å²) in [5, 5.41) is 12.1. The molecule has 0 aliphatic carbocycles. The Morgan fingerprint density at radius 1 is 1.05 bits per heavy atom. The summed E-state index contributed by atoms with van der Waals surface area (Å²) in [5.74, 6) is -0.560. The quantitative estimate of drug-likeness (QED) is 0.283. The van der Waals surface area contributed by atoms with Gasteiger partial charge in [0.1, 0.15) is 0 Å². The summed E-state index contributed by atoms with van der Waals surface area (Å²) in [7, 11) is 0. The molecule has 0 heterocycles. The minimum atomic E-state index is -0.403. The molecular weight excluding hydrogens is 282 g/mol. The third-order valence-corrected chi connectivity index (χ3v) is 2.87. The van der Waals surface area contributed by atoms with Crippen molar-refractivity contribution >= 4 is 24.1 Å².